The molecule has 7 atom stereocenters. The van der Waals surface area contributed by atoms with Crippen molar-refractivity contribution in [3.63, 3.8) is 0 Å². The quantitative estimate of drug-likeness (QED) is 0.680. The summed E-state index contributed by atoms with van der Waals surface area (Å²) in [4.78, 5) is 30.1. The van der Waals surface area contributed by atoms with Gasteiger partial charge in [-0.25, -0.2) is 0 Å². The van der Waals surface area contributed by atoms with E-state index in [-0.39, 0.29) is 41.3 Å². The molecule has 5 unspecified atom stereocenters. The maximum atomic E-state index is 13.6. The van der Waals surface area contributed by atoms with Gasteiger partial charge in [0.15, 0.2) is 12.4 Å². The molecule has 1 aromatic carbocycles. The van der Waals surface area contributed by atoms with Gasteiger partial charge >= 0.3 is 0 Å². The van der Waals surface area contributed by atoms with Gasteiger partial charge in [-0.15, -0.1) is 0 Å². The van der Waals surface area contributed by atoms with Crippen LogP contribution in [0.25, 0.3) is 11.0 Å². The second-order valence-corrected chi connectivity index (χ2v) is 11.8. The van der Waals surface area contributed by atoms with Crippen LogP contribution in [-0.2, 0) is 16.6 Å². The number of imidazole rings is 1. The number of ether oxygens (including phenoxy) is 1. The lowest BCUT2D eigenvalue weighted by Crippen LogP contribution is -2.61. The van der Waals surface area contributed by atoms with Crippen LogP contribution in [0.2, 0.25) is 0 Å². The SMILES string of the molecule is Cn1c(OCC(=O)[C@@]2(O)CCC3C4CCC5=CC(=O)C=CC5(C)C4[C@@H](O)CC32C)nc2ccccc21. The van der Waals surface area contributed by atoms with Crippen LogP contribution in [-0.4, -0.2) is 49.6 Å². The number of aryl methyl sites for hydroxylation is 1. The van der Waals surface area contributed by atoms with Gasteiger partial charge in [0.1, 0.15) is 5.60 Å². The zero-order valence-electron chi connectivity index (χ0n) is 21.1. The maximum absolute atomic E-state index is 13.6. The highest BCUT2D eigenvalue weighted by molar-refractivity contribution is 6.01. The van der Waals surface area contributed by atoms with E-state index >= 15 is 0 Å². The van der Waals surface area contributed by atoms with Crippen LogP contribution < -0.4 is 4.74 Å². The van der Waals surface area contributed by atoms with E-state index in [4.69, 9.17) is 4.74 Å². The Bertz CT molecular complexity index is 1330. The van der Waals surface area contributed by atoms with Gasteiger partial charge in [0, 0.05) is 23.8 Å². The van der Waals surface area contributed by atoms with Gasteiger partial charge in [-0.2, -0.15) is 4.98 Å². The van der Waals surface area contributed by atoms with Crippen LogP contribution in [0.5, 0.6) is 6.01 Å². The zero-order valence-corrected chi connectivity index (χ0v) is 21.1. The Labute approximate surface area is 210 Å². The summed E-state index contributed by atoms with van der Waals surface area (Å²) < 4.78 is 7.65. The topological polar surface area (TPSA) is 102 Å². The number of aromatic nitrogens is 2. The third-order valence-corrected chi connectivity index (χ3v) is 10.2. The molecule has 36 heavy (non-hydrogen) atoms. The van der Waals surface area contributed by atoms with Gasteiger partial charge in [-0.3, -0.25) is 14.2 Å². The Morgan fingerprint density at radius 3 is 2.81 bits per heavy atom. The molecule has 2 N–H and O–H groups in total. The van der Waals surface area contributed by atoms with E-state index in [0.29, 0.717) is 18.9 Å². The van der Waals surface area contributed by atoms with Gasteiger partial charge in [0.2, 0.25) is 5.78 Å². The minimum absolute atomic E-state index is 0.0116. The number of Topliss-reactive ketones (excluding diaryl/α,β-unsaturated/α-hetero) is 1. The predicted molar refractivity (Wildman–Crippen MR) is 134 cm³/mol. The molecule has 1 aromatic heterocycles. The lowest BCUT2D eigenvalue weighted by Gasteiger charge is -2.59. The Hall–Kier alpha value is -2.77. The molecule has 7 nitrogen and oxygen atoms in total. The first kappa shape index (κ1) is 23.6. The summed E-state index contributed by atoms with van der Waals surface area (Å²) in [6.45, 7) is 3.84. The zero-order chi connectivity index (χ0) is 25.5. The standard InChI is InChI=1S/C29H34N2O5/c1-27-12-10-18(32)14-17(27)8-9-19-20-11-13-29(35,28(20,2)15-23(33)25(19)27)24(34)16-36-26-30-21-6-4-5-7-22(21)31(26)3/h4-7,10,12,14,19-20,23,25,33,35H,8-9,11,13,15-16H2,1-3H3/t19?,20?,23-,25?,27?,28?,29-/m0/s1. The van der Waals surface area contributed by atoms with Crippen molar-refractivity contribution in [3.05, 3.63) is 48.1 Å². The average molecular weight is 491 g/mol. The molecule has 0 amide bonds. The molecular weight excluding hydrogens is 456 g/mol. The first-order valence-corrected chi connectivity index (χ1v) is 13.0. The minimum Gasteiger partial charge on any atom is -0.457 e. The number of hydrogen-bond donors (Lipinski definition) is 2. The van der Waals surface area contributed by atoms with Crippen molar-refractivity contribution in [2.45, 2.75) is 57.7 Å². The summed E-state index contributed by atoms with van der Waals surface area (Å²) >= 11 is 0. The van der Waals surface area contributed by atoms with E-state index in [1.54, 1.807) is 16.7 Å². The molecule has 3 fully saturated rings. The highest BCUT2D eigenvalue weighted by Crippen LogP contribution is 2.67. The van der Waals surface area contributed by atoms with Gasteiger partial charge in [0.05, 0.1) is 17.1 Å². The van der Waals surface area contributed by atoms with Gasteiger partial charge in [-0.1, -0.05) is 37.6 Å². The predicted octanol–water partition coefficient (Wildman–Crippen LogP) is 3.53. The summed E-state index contributed by atoms with van der Waals surface area (Å²) in [5, 5.41) is 23.4. The molecule has 190 valence electrons. The molecule has 4 aliphatic rings. The smallest absolute Gasteiger partial charge is 0.297 e. The number of carbonyl (C=O) groups is 2. The minimum atomic E-state index is -1.57. The molecule has 1 heterocycles. The Morgan fingerprint density at radius 1 is 1.25 bits per heavy atom. The number of carbonyl (C=O) groups excluding carboxylic acids is 2. The fourth-order valence-corrected chi connectivity index (χ4v) is 8.29. The molecule has 3 saturated carbocycles. The van der Waals surface area contributed by atoms with E-state index in [2.05, 4.69) is 11.9 Å². The molecular formula is C29H34N2O5. The number of ketones is 2. The van der Waals surface area contributed by atoms with E-state index in [1.807, 2.05) is 44.3 Å². The summed E-state index contributed by atoms with van der Waals surface area (Å²) in [5.74, 6) is -0.0940. The van der Waals surface area contributed by atoms with Crippen LogP contribution in [0.3, 0.4) is 0 Å². The molecule has 0 bridgehead atoms. The highest BCUT2D eigenvalue weighted by Gasteiger charge is 2.68. The molecule has 0 saturated heterocycles. The normalized spacial score (nSPS) is 39.4. The first-order valence-electron chi connectivity index (χ1n) is 13.0. The highest BCUT2D eigenvalue weighted by atomic mass is 16.5. The Balaban J connectivity index is 1.25. The van der Waals surface area contributed by atoms with E-state index in [9.17, 15) is 19.8 Å². The fraction of sp³-hybridized carbons (Fsp3) is 0.552. The molecule has 6 rings (SSSR count). The van der Waals surface area contributed by atoms with Crippen LogP contribution >= 0.6 is 0 Å². The van der Waals surface area contributed by atoms with Crippen molar-refractivity contribution in [2.75, 3.05) is 6.61 Å². The Kier molecular flexibility index (Phi) is 5.16. The second kappa shape index (κ2) is 7.86. The van der Waals surface area contributed by atoms with Crippen molar-refractivity contribution in [3.8, 4) is 6.01 Å². The van der Waals surface area contributed by atoms with Crippen molar-refractivity contribution < 1.29 is 24.5 Å². The number of aliphatic hydroxyl groups is 2. The van der Waals surface area contributed by atoms with Gasteiger partial charge < -0.3 is 14.9 Å². The number of nitrogens with zero attached hydrogens (tertiary/aromatic N) is 2. The number of benzene rings is 1. The van der Waals surface area contributed by atoms with Gasteiger partial charge in [0.25, 0.3) is 6.01 Å². The van der Waals surface area contributed by atoms with Crippen LogP contribution in [0.15, 0.2) is 48.1 Å². The fourth-order valence-electron chi connectivity index (χ4n) is 8.29. The monoisotopic (exact) mass is 490 g/mol. The van der Waals surface area contributed by atoms with Crippen molar-refractivity contribution in [1.29, 1.82) is 0 Å². The molecule has 2 aromatic rings. The van der Waals surface area contributed by atoms with Crippen LogP contribution in [0.4, 0.5) is 0 Å². The summed E-state index contributed by atoms with van der Waals surface area (Å²) in [5.41, 5.74) is 0.111. The van der Waals surface area contributed by atoms with Crippen LogP contribution in [0.1, 0.15) is 46.0 Å². The summed E-state index contributed by atoms with van der Waals surface area (Å²) in [6.07, 6.45) is 7.76. The van der Waals surface area contributed by atoms with Crippen molar-refractivity contribution in [2.24, 2.45) is 35.6 Å². The Morgan fingerprint density at radius 2 is 2.03 bits per heavy atom. The number of rotatable bonds is 4. The molecule has 0 aliphatic heterocycles. The molecule has 0 radical (unpaired) electrons. The maximum Gasteiger partial charge on any atom is 0.297 e. The number of allylic oxidation sites excluding steroid dienone is 4. The summed E-state index contributed by atoms with van der Waals surface area (Å²) in [7, 11) is 1.84. The summed E-state index contributed by atoms with van der Waals surface area (Å²) in [6, 6.07) is 8.00. The third kappa shape index (κ3) is 3.08. The first-order chi connectivity index (χ1) is 17.1. The van der Waals surface area contributed by atoms with Gasteiger partial charge in [-0.05, 0) is 68.2 Å². The lowest BCUT2D eigenvalue weighted by molar-refractivity contribution is -0.178. The largest absolute Gasteiger partial charge is 0.457 e. The van der Waals surface area contributed by atoms with E-state index in [0.717, 1.165) is 35.9 Å². The average Bonchev–Trinajstić information content (AvgIpc) is 3.31. The second-order valence-electron chi connectivity index (χ2n) is 11.8. The van der Waals surface area contributed by atoms with Crippen LogP contribution in [0, 0.1) is 28.6 Å². The number of fused-ring (bicyclic) bond motifs is 6. The third-order valence-electron chi connectivity index (χ3n) is 10.2. The number of hydrogen-bond acceptors (Lipinski definition) is 6. The van der Waals surface area contributed by atoms with Crippen molar-refractivity contribution in [1.82, 2.24) is 9.55 Å². The number of aliphatic hydroxyl groups excluding tert-OH is 1. The molecule has 0 spiro atoms. The molecule has 4 aliphatic carbocycles. The number of para-hydroxylation sites is 2. The van der Waals surface area contributed by atoms with E-state index < -0.39 is 17.1 Å². The molecule has 7 heteroatoms. The van der Waals surface area contributed by atoms with E-state index in [1.165, 1.54) is 0 Å². The lowest BCUT2D eigenvalue weighted by atomic mass is 9.46. The van der Waals surface area contributed by atoms with Crippen molar-refractivity contribution >= 4 is 22.6 Å².